The largest absolute Gasteiger partial charge is 0.455 e. The van der Waals surface area contributed by atoms with Gasteiger partial charge in [-0.15, -0.1) is 13.2 Å². The van der Waals surface area contributed by atoms with Gasteiger partial charge >= 0.3 is 5.97 Å². The highest BCUT2D eigenvalue weighted by atomic mass is 16.5. The van der Waals surface area contributed by atoms with E-state index in [1.54, 1.807) is 17.1 Å². The first-order chi connectivity index (χ1) is 23.4. The van der Waals surface area contributed by atoms with Crippen LogP contribution < -0.4 is 5.32 Å². The molecule has 0 unspecified atom stereocenters. The van der Waals surface area contributed by atoms with E-state index >= 15 is 0 Å². The van der Waals surface area contributed by atoms with Crippen molar-refractivity contribution in [2.75, 3.05) is 20.3 Å². The number of methoxy groups -OCH3 is 1. The summed E-state index contributed by atoms with van der Waals surface area (Å²) in [6.45, 7) is 7.93. The summed E-state index contributed by atoms with van der Waals surface area (Å²) in [5, 5.41) is 13.2. The molecular weight excluding hydrogens is 604 g/mol. The van der Waals surface area contributed by atoms with Gasteiger partial charge in [0.05, 0.1) is 37.1 Å². The van der Waals surface area contributed by atoms with Gasteiger partial charge in [0.1, 0.15) is 6.10 Å². The molecule has 0 fully saturated rings. The number of fused-ring (bicyclic) bond motifs is 1. The van der Waals surface area contributed by atoms with Gasteiger partial charge in [0.2, 0.25) is 11.8 Å². The van der Waals surface area contributed by atoms with E-state index in [0.29, 0.717) is 37.8 Å². The molecule has 8 heteroatoms. The number of nitrogens with one attached hydrogen (secondary N) is 1. The fraction of sp³-hybridized carbons (Fsp3) is 0.375. The fourth-order valence-corrected chi connectivity index (χ4v) is 6.31. The van der Waals surface area contributed by atoms with E-state index in [9.17, 15) is 19.5 Å². The third-order valence-electron chi connectivity index (χ3n) is 8.92. The van der Waals surface area contributed by atoms with Gasteiger partial charge in [-0.25, -0.2) is 0 Å². The number of amides is 2. The highest BCUT2D eigenvalue weighted by Gasteiger charge is 2.35. The minimum atomic E-state index is -0.845. The molecule has 48 heavy (non-hydrogen) atoms. The third-order valence-corrected chi connectivity index (χ3v) is 8.92. The summed E-state index contributed by atoms with van der Waals surface area (Å²) in [4.78, 5) is 43.1. The predicted molar refractivity (Wildman–Crippen MR) is 187 cm³/mol. The molecule has 0 radical (unpaired) electrons. The standard InChI is InChI=1S/C40H48N2O6/c1-4-6-18-33(23-29-16-9-7-10-17-29)40(46)48-38(30-19-11-8-12-20-30)36(28-47-3)41-39(45)32(15-5-2)25-37(44)42-26-34-22-14-13-21-31(34)24-35(42)27-43/h4-5,7-14,16-17,19-22,32-33,35-36,38,43H,1-2,6,15,18,23-28H2,3H3,(H,41,45)/t32-,33+,35-,36-,38-/m0/s1. The third kappa shape index (κ3) is 9.99. The number of benzene rings is 3. The van der Waals surface area contributed by atoms with Crippen LogP contribution in [0.3, 0.4) is 0 Å². The lowest BCUT2D eigenvalue weighted by Crippen LogP contribution is -2.49. The van der Waals surface area contributed by atoms with Gasteiger partial charge in [-0.2, -0.15) is 0 Å². The van der Waals surface area contributed by atoms with E-state index in [-0.39, 0.29) is 49.9 Å². The lowest BCUT2D eigenvalue weighted by atomic mass is 9.92. The van der Waals surface area contributed by atoms with Crippen molar-refractivity contribution < 1.29 is 29.0 Å². The van der Waals surface area contributed by atoms with Crippen molar-refractivity contribution in [1.82, 2.24) is 10.2 Å². The van der Waals surface area contributed by atoms with Crippen molar-refractivity contribution in [3.63, 3.8) is 0 Å². The first-order valence-corrected chi connectivity index (χ1v) is 16.7. The van der Waals surface area contributed by atoms with Crippen LogP contribution in [0.2, 0.25) is 0 Å². The van der Waals surface area contributed by atoms with Crippen LogP contribution in [0.1, 0.15) is 54.0 Å². The summed E-state index contributed by atoms with van der Waals surface area (Å²) in [5.41, 5.74) is 3.88. The molecular formula is C40H48N2O6. The number of nitrogens with zero attached hydrogens (tertiary/aromatic N) is 1. The van der Waals surface area contributed by atoms with Crippen molar-refractivity contribution in [3.05, 3.63) is 132 Å². The van der Waals surface area contributed by atoms with E-state index in [2.05, 4.69) is 18.5 Å². The Labute approximate surface area is 284 Å². The van der Waals surface area contributed by atoms with Crippen molar-refractivity contribution >= 4 is 17.8 Å². The normalized spacial score (nSPS) is 16.5. The van der Waals surface area contributed by atoms with Gasteiger partial charge in [-0.1, -0.05) is 97.1 Å². The van der Waals surface area contributed by atoms with Crippen LogP contribution in [-0.4, -0.2) is 60.2 Å². The molecule has 0 spiro atoms. The van der Waals surface area contributed by atoms with E-state index in [4.69, 9.17) is 9.47 Å². The zero-order chi connectivity index (χ0) is 34.3. The minimum absolute atomic E-state index is 0.0628. The molecule has 1 aliphatic rings. The number of esters is 1. The summed E-state index contributed by atoms with van der Waals surface area (Å²) >= 11 is 0. The van der Waals surface area contributed by atoms with Gasteiger partial charge in [0.25, 0.3) is 0 Å². The molecule has 0 aliphatic carbocycles. The lowest BCUT2D eigenvalue weighted by molar-refractivity contribution is -0.158. The zero-order valence-corrected chi connectivity index (χ0v) is 27.8. The average Bonchev–Trinajstić information content (AvgIpc) is 3.12. The van der Waals surface area contributed by atoms with Gasteiger partial charge in [-0.05, 0) is 54.4 Å². The van der Waals surface area contributed by atoms with E-state index in [0.717, 1.165) is 16.7 Å². The van der Waals surface area contributed by atoms with Crippen molar-refractivity contribution in [1.29, 1.82) is 0 Å². The highest BCUT2D eigenvalue weighted by molar-refractivity contribution is 5.86. The van der Waals surface area contributed by atoms with E-state index < -0.39 is 24.0 Å². The van der Waals surface area contributed by atoms with Crippen molar-refractivity contribution in [3.8, 4) is 0 Å². The highest BCUT2D eigenvalue weighted by Crippen LogP contribution is 2.28. The first kappa shape index (κ1) is 36.3. The molecule has 2 amide bonds. The number of aliphatic hydroxyl groups excluding tert-OH is 1. The maximum absolute atomic E-state index is 13.9. The Morgan fingerprint density at radius 3 is 2.25 bits per heavy atom. The molecule has 0 saturated carbocycles. The maximum Gasteiger partial charge on any atom is 0.309 e. The Kier molecular flexibility index (Phi) is 14.2. The van der Waals surface area contributed by atoms with Crippen molar-refractivity contribution in [2.24, 2.45) is 11.8 Å². The Morgan fingerprint density at radius 1 is 0.938 bits per heavy atom. The Morgan fingerprint density at radius 2 is 1.60 bits per heavy atom. The molecule has 0 saturated heterocycles. The summed E-state index contributed by atoms with van der Waals surface area (Å²) in [6.07, 6.45) is 5.05. The van der Waals surface area contributed by atoms with Gasteiger partial charge in [-0.3, -0.25) is 14.4 Å². The topological polar surface area (TPSA) is 105 Å². The molecule has 2 N–H and O–H groups in total. The van der Waals surface area contributed by atoms with Gasteiger partial charge in [0, 0.05) is 20.1 Å². The first-order valence-electron chi connectivity index (χ1n) is 16.7. The maximum atomic E-state index is 13.9. The van der Waals surface area contributed by atoms with Crippen LogP contribution in [0, 0.1) is 11.8 Å². The SMILES string of the molecule is C=CCC[C@H](Cc1ccccc1)C(=O)O[C@@H](c1ccccc1)[C@H](COC)NC(=O)[C@@H](CC=C)CC(=O)N1Cc2ccccc2C[C@H]1CO. The summed E-state index contributed by atoms with van der Waals surface area (Å²) < 4.78 is 11.8. The van der Waals surface area contributed by atoms with Crippen LogP contribution >= 0.6 is 0 Å². The molecule has 8 nitrogen and oxygen atoms in total. The van der Waals surface area contributed by atoms with Crippen LogP contribution in [0.15, 0.2) is 110 Å². The molecule has 0 aromatic heterocycles. The smallest absolute Gasteiger partial charge is 0.309 e. The molecule has 254 valence electrons. The molecule has 1 heterocycles. The van der Waals surface area contributed by atoms with Crippen LogP contribution in [0.25, 0.3) is 0 Å². The monoisotopic (exact) mass is 652 g/mol. The number of carbonyl (C=O) groups is 3. The average molecular weight is 653 g/mol. The van der Waals surface area contributed by atoms with E-state index in [1.807, 2.05) is 84.9 Å². The summed E-state index contributed by atoms with van der Waals surface area (Å²) in [7, 11) is 1.53. The van der Waals surface area contributed by atoms with Gasteiger partial charge in [0.15, 0.2) is 0 Å². The molecule has 4 rings (SSSR count). The quantitative estimate of drug-likeness (QED) is 0.134. The lowest BCUT2D eigenvalue weighted by Gasteiger charge is -2.37. The Hall–Kier alpha value is -4.53. The summed E-state index contributed by atoms with van der Waals surface area (Å²) in [5.74, 6) is -2.10. The number of hydrogen-bond acceptors (Lipinski definition) is 6. The molecule has 5 atom stereocenters. The second-order valence-corrected chi connectivity index (χ2v) is 12.3. The number of rotatable bonds is 18. The molecule has 0 bridgehead atoms. The predicted octanol–water partition coefficient (Wildman–Crippen LogP) is 5.76. The fourth-order valence-electron chi connectivity index (χ4n) is 6.31. The van der Waals surface area contributed by atoms with E-state index in [1.165, 1.54) is 7.11 Å². The number of hydrogen-bond donors (Lipinski definition) is 2. The molecule has 1 aliphatic heterocycles. The van der Waals surface area contributed by atoms with Gasteiger partial charge < -0.3 is 24.8 Å². The second kappa shape index (κ2) is 18.7. The number of allylic oxidation sites excluding steroid dienone is 2. The van der Waals surface area contributed by atoms with Crippen LogP contribution in [0.4, 0.5) is 0 Å². The Balaban J connectivity index is 1.54. The molecule has 3 aromatic carbocycles. The number of ether oxygens (including phenoxy) is 2. The summed E-state index contributed by atoms with van der Waals surface area (Å²) in [6, 6.07) is 25.9. The number of aliphatic hydroxyl groups is 1. The second-order valence-electron chi connectivity index (χ2n) is 12.3. The Bertz CT molecular complexity index is 1490. The molecule has 3 aromatic rings. The van der Waals surface area contributed by atoms with Crippen LogP contribution in [-0.2, 0) is 43.2 Å². The minimum Gasteiger partial charge on any atom is -0.455 e. The van der Waals surface area contributed by atoms with Crippen LogP contribution in [0.5, 0.6) is 0 Å². The van der Waals surface area contributed by atoms with Crippen molar-refractivity contribution in [2.45, 2.75) is 63.3 Å². The number of carbonyl (C=O) groups excluding carboxylic acids is 3. The zero-order valence-electron chi connectivity index (χ0n) is 27.8.